The van der Waals surface area contributed by atoms with Crippen LogP contribution in [-0.2, 0) is 0 Å². The average molecular weight is 263 g/mol. The van der Waals surface area contributed by atoms with E-state index in [1.54, 1.807) is 6.20 Å². The highest BCUT2D eigenvalue weighted by Crippen LogP contribution is 2.09. The van der Waals surface area contributed by atoms with E-state index in [0.717, 1.165) is 5.69 Å². The van der Waals surface area contributed by atoms with Gasteiger partial charge in [-0.05, 0) is 19.1 Å². The Labute approximate surface area is 109 Å². The third kappa shape index (κ3) is 3.01. The van der Waals surface area contributed by atoms with Gasteiger partial charge in [0.15, 0.2) is 0 Å². The summed E-state index contributed by atoms with van der Waals surface area (Å²) in [5.74, 6) is -0.330. The molecule has 0 bridgehead atoms. The van der Waals surface area contributed by atoms with Crippen LogP contribution in [0.4, 0.5) is 0 Å². The van der Waals surface area contributed by atoms with Crippen molar-refractivity contribution in [2.24, 2.45) is 0 Å². The van der Waals surface area contributed by atoms with Crippen LogP contribution in [-0.4, -0.2) is 20.9 Å². The molecule has 1 atom stereocenters. The van der Waals surface area contributed by atoms with Crippen molar-refractivity contribution in [3.05, 3.63) is 53.3 Å². The van der Waals surface area contributed by atoms with Crippen LogP contribution in [0.3, 0.4) is 0 Å². The molecule has 0 aliphatic carbocycles. The molecule has 2 aromatic rings. The maximum Gasteiger partial charge on any atom is 0.272 e. The lowest BCUT2D eigenvalue weighted by atomic mass is 10.2. The lowest BCUT2D eigenvalue weighted by molar-refractivity contribution is 0.0933. The van der Waals surface area contributed by atoms with Crippen molar-refractivity contribution in [2.75, 3.05) is 0 Å². The van der Waals surface area contributed by atoms with Crippen LogP contribution in [0.15, 0.2) is 36.8 Å². The van der Waals surface area contributed by atoms with Crippen molar-refractivity contribution in [2.45, 2.75) is 13.0 Å². The molecule has 6 heteroatoms. The molecule has 5 nitrogen and oxygen atoms in total. The van der Waals surface area contributed by atoms with Gasteiger partial charge in [0.2, 0.25) is 0 Å². The number of carbonyl (C=O) groups is 1. The molecule has 1 N–H and O–H groups in total. The number of hydrogen-bond acceptors (Lipinski definition) is 4. The Hall–Kier alpha value is -2.01. The number of pyridine rings is 1. The van der Waals surface area contributed by atoms with Gasteiger partial charge in [-0.15, -0.1) is 0 Å². The largest absolute Gasteiger partial charge is 0.343 e. The van der Waals surface area contributed by atoms with Crippen LogP contribution in [0.1, 0.15) is 29.1 Å². The number of hydrogen-bond donors (Lipinski definition) is 1. The minimum absolute atomic E-state index is 0.185. The van der Waals surface area contributed by atoms with E-state index in [9.17, 15) is 4.79 Å². The Kier molecular flexibility index (Phi) is 3.84. The normalized spacial score (nSPS) is 11.9. The second kappa shape index (κ2) is 5.55. The minimum atomic E-state index is -0.330. The molecule has 0 spiro atoms. The summed E-state index contributed by atoms with van der Waals surface area (Å²) < 4.78 is 0. The minimum Gasteiger partial charge on any atom is -0.343 e. The fourth-order valence-electron chi connectivity index (χ4n) is 1.43. The Morgan fingerprint density at radius 2 is 2.22 bits per heavy atom. The van der Waals surface area contributed by atoms with Gasteiger partial charge in [-0.25, -0.2) is 4.98 Å². The summed E-state index contributed by atoms with van der Waals surface area (Å²) >= 11 is 5.68. The predicted octanol–water partition coefficient (Wildman–Crippen LogP) is 2.02. The van der Waals surface area contributed by atoms with Crippen molar-refractivity contribution in [1.29, 1.82) is 0 Å². The van der Waals surface area contributed by atoms with E-state index in [2.05, 4.69) is 20.3 Å². The molecule has 0 fully saturated rings. The Morgan fingerprint density at radius 3 is 2.89 bits per heavy atom. The molecule has 0 saturated heterocycles. The third-order valence-electron chi connectivity index (χ3n) is 2.32. The van der Waals surface area contributed by atoms with Gasteiger partial charge in [0.05, 0.1) is 24.1 Å². The van der Waals surface area contributed by atoms with E-state index < -0.39 is 0 Å². The molecule has 0 aromatic carbocycles. The van der Waals surface area contributed by atoms with Crippen molar-refractivity contribution < 1.29 is 4.79 Å². The maximum atomic E-state index is 11.9. The van der Waals surface area contributed by atoms with Gasteiger partial charge >= 0.3 is 0 Å². The first-order valence-electron chi connectivity index (χ1n) is 5.36. The van der Waals surface area contributed by atoms with Gasteiger partial charge < -0.3 is 5.32 Å². The first-order chi connectivity index (χ1) is 8.66. The van der Waals surface area contributed by atoms with Gasteiger partial charge in [0, 0.05) is 6.20 Å². The molecule has 1 unspecified atom stereocenters. The zero-order chi connectivity index (χ0) is 13.0. The lowest BCUT2D eigenvalue weighted by Crippen LogP contribution is -2.28. The molecular weight excluding hydrogens is 252 g/mol. The van der Waals surface area contributed by atoms with E-state index in [4.69, 9.17) is 11.6 Å². The SMILES string of the molecule is CC(NC(=O)c1cncc(Cl)n1)c1ccccn1. The summed E-state index contributed by atoms with van der Waals surface area (Å²) in [7, 11) is 0. The molecule has 2 aromatic heterocycles. The van der Waals surface area contributed by atoms with Gasteiger partial charge in [-0.3, -0.25) is 14.8 Å². The highest BCUT2D eigenvalue weighted by molar-refractivity contribution is 6.29. The number of rotatable bonds is 3. The summed E-state index contributed by atoms with van der Waals surface area (Å²) in [4.78, 5) is 23.8. The smallest absolute Gasteiger partial charge is 0.272 e. The van der Waals surface area contributed by atoms with Crippen LogP contribution in [0.5, 0.6) is 0 Å². The van der Waals surface area contributed by atoms with E-state index >= 15 is 0 Å². The summed E-state index contributed by atoms with van der Waals surface area (Å²) in [6, 6.07) is 5.32. The Balaban J connectivity index is 2.08. The number of carbonyl (C=O) groups excluding carboxylic acids is 1. The number of nitrogens with one attached hydrogen (secondary N) is 1. The second-order valence-electron chi connectivity index (χ2n) is 3.68. The fourth-order valence-corrected chi connectivity index (χ4v) is 1.58. The first-order valence-corrected chi connectivity index (χ1v) is 5.74. The van der Waals surface area contributed by atoms with E-state index in [0.29, 0.717) is 0 Å². The number of amides is 1. The zero-order valence-corrected chi connectivity index (χ0v) is 10.4. The summed E-state index contributed by atoms with van der Waals surface area (Å²) in [6.07, 6.45) is 4.42. The van der Waals surface area contributed by atoms with Gasteiger partial charge in [0.25, 0.3) is 5.91 Å². The molecule has 92 valence electrons. The monoisotopic (exact) mass is 262 g/mol. The molecule has 1 amide bonds. The van der Waals surface area contributed by atoms with Crippen molar-refractivity contribution >= 4 is 17.5 Å². The highest BCUT2D eigenvalue weighted by Gasteiger charge is 2.13. The molecule has 2 rings (SSSR count). The van der Waals surface area contributed by atoms with Gasteiger partial charge in [-0.1, -0.05) is 17.7 Å². The van der Waals surface area contributed by atoms with Crippen LogP contribution < -0.4 is 5.32 Å². The van der Waals surface area contributed by atoms with Crippen LogP contribution in [0.25, 0.3) is 0 Å². The second-order valence-corrected chi connectivity index (χ2v) is 4.06. The quantitative estimate of drug-likeness (QED) is 0.919. The van der Waals surface area contributed by atoms with Crippen LogP contribution in [0, 0.1) is 0 Å². The number of nitrogens with zero attached hydrogens (tertiary/aromatic N) is 3. The predicted molar refractivity (Wildman–Crippen MR) is 67.2 cm³/mol. The van der Waals surface area contributed by atoms with Crippen molar-refractivity contribution in [3.8, 4) is 0 Å². The van der Waals surface area contributed by atoms with Gasteiger partial charge in [0.1, 0.15) is 10.8 Å². The van der Waals surface area contributed by atoms with E-state index in [1.807, 2.05) is 25.1 Å². The molecule has 0 radical (unpaired) electrons. The summed E-state index contributed by atoms with van der Waals surface area (Å²) in [5.41, 5.74) is 0.964. The molecule has 18 heavy (non-hydrogen) atoms. The van der Waals surface area contributed by atoms with Crippen LogP contribution >= 0.6 is 11.6 Å². The summed E-state index contributed by atoms with van der Waals surface area (Å²) in [6.45, 7) is 1.85. The Morgan fingerprint density at radius 1 is 1.39 bits per heavy atom. The average Bonchev–Trinajstić information content (AvgIpc) is 2.39. The van der Waals surface area contributed by atoms with Crippen molar-refractivity contribution in [1.82, 2.24) is 20.3 Å². The lowest BCUT2D eigenvalue weighted by Gasteiger charge is -2.12. The van der Waals surface area contributed by atoms with Gasteiger partial charge in [-0.2, -0.15) is 0 Å². The Bertz CT molecular complexity index is 547. The van der Waals surface area contributed by atoms with E-state index in [1.165, 1.54) is 12.4 Å². The van der Waals surface area contributed by atoms with Crippen molar-refractivity contribution in [3.63, 3.8) is 0 Å². The molecule has 2 heterocycles. The fraction of sp³-hybridized carbons (Fsp3) is 0.167. The summed E-state index contributed by atoms with van der Waals surface area (Å²) in [5, 5.41) is 2.97. The zero-order valence-electron chi connectivity index (χ0n) is 9.67. The number of aromatic nitrogens is 3. The topological polar surface area (TPSA) is 67.8 Å². The molecule has 0 aliphatic rings. The molecule has 0 aliphatic heterocycles. The third-order valence-corrected chi connectivity index (χ3v) is 2.50. The molecular formula is C12H11ClN4O. The highest BCUT2D eigenvalue weighted by atomic mass is 35.5. The van der Waals surface area contributed by atoms with Crippen LogP contribution in [0.2, 0.25) is 5.15 Å². The number of halogens is 1. The maximum absolute atomic E-state index is 11.9. The molecule has 0 saturated carbocycles. The standard InChI is InChI=1S/C12H11ClN4O/c1-8(9-4-2-3-5-15-9)16-12(18)10-6-14-7-11(13)17-10/h2-8H,1H3,(H,16,18). The van der Waals surface area contributed by atoms with E-state index in [-0.39, 0.29) is 22.8 Å². The first kappa shape index (κ1) is 12.4.